The molecule has 0 aliphatic carbocycles. The molecule has 1 unspecified atom stereocenters. The van der Waals surface area contributed by atoms with Crippen LogP contribution in [0.1, 0.15) is 12.0 Å². The van der Waals surface area contributed by atoms with Crippen LogP contribution in [0.25, 0.3) is 0 Å². The minimum absolute atomic E-state index is 0.0528. The quantitative estimate of drug-likeness (QED) is 0.562. The highest BCUT2D eigenvalue weighted by atomic mass is 32.2. The molecular weight excluding hydrogens is 388 g/mol. The number of benzene rings is 1. The number of amides is 1. The van der Waals surface area contributed by atoms with Crippen LogP contribution in [0, 0.1) is 0 Å². The molecule has 10 heteroatoms. The number of ether oxygens (including phenoxy) is 3. The van der Waals surface area contributed by atoms with E-state index in [2.05, 4.69) is 5.32 Å². The van der Waals surface area contributed by atoms with Crippen molar-refractivity contribution in [2.75, 3.05) is 45.9 Å². The minimum Gasteiger partial charge on any atom is -0.497 e. The van der Waals surface area contributed by atoms with Gasteiger partial charge in [-0.05, 0) is 24.1 Å². The first kappa shape index (κ1) is 22.0. The number of hydrogen-bond acceptors (Lipinski definition) is 8. The lowest BCUT2D eigenvalue weighted by Gasteiger charge is -2.22. The number of hydrogen-bond donors (Lipinski definition) is 1. The molecule has 2 rings (SSSR count). The van der Waals surface area contributed by atoms with E-state index >= 15 is 0 Å². The molecule has 1 aliphatic heterocycles. The van der Waals surface area contributed by atoms with E-state index in [0.717, 1.165) is 5.56 Å². The van der Waals surface area contributed by atoms with Gasteiger partial charge in [0, 0.05) is 18.7 Å². The third-order valence-corrected chi connectivity index (χ3v) is 6.13. The molecule has 1 heterocycles. The summed E-state index contributed by atoms with van der Waals surface area (Å²) in [6.45, 7) is 0.108. The lowest BCUT2D eigenvalue weighted by Crippen LogP contribution is -2.43. The molecule has 1 aliphatic rings. The lowest BCUT2D eigenvalue weighted by molar-refractivity contribution is -0.142. The van der Waals surface area contributed by atoms with Crippen LogP contribution in [0.4, 0.5) is 0 Å². The van der Waals surface area contributed by atoms with Gasteiger partial charge in [0.1, 0.15) is 11.5 Å². The van der Waals surface area contributed by atoms with Crippen LogP contribution >= 0.6 is 0 Å². The van der Waals surface area contributed by atoms with Gasteiger partial charge in [0.05, 0.1) is 45.9 Å². The fraction of sp³-hybridized carbons (Fsp3) is 0.556. The highest BCUT2D eigenvalue weighted by Gasteiger charge is 2.29. The molecule has 1 aromatic rings. The van der Waals surface area contributed by atoms with E-state index in [1.54, 1.807) is 23.1 Å². The van der Waals surface area contributed by atoms with Gasteiger partial charge in [-0.15, -0.1) is 0 Å². The predicted molar refractivity (Wildman–Crippen MR) is 102 cm³/mol. The number of methoxy groups -OCH3 is 3. The molecule has 9 nitrogen and oxygen atoms in total. The fourth-order valence-corrected chi connectivity index (χ4v) is 4.69. The number of carbonyl (C=O) groups is 2. The van der Waals surface area contributed by atoms with Gasteiger partial charge in [0.2, 0.25) is 5.91 Å². The largest absolute Gasteiger partial charge is 0.497 e. The van der Waals surface area contributed by atoms with Crippen molar-refractivity contribution >= 4 is 21.7 Å². The summed E-state index contributed by atoms with van der Waals surface area (Å²) >= 11 is 0. The highest BCUT2D eigenvalue weighted by molar-refractivity contribution is 7.91. The third-order valence-electron chi connectivity index (χ3n) is 4.36. The van der Waals surface area contributed by atoms with Crippen molar-refractivity contribution in [3.05, 3.63) is 23.8 Å². The molecule has 0 bridgehead atoms. The molecule has 1 saturated heterocycles. The second-order valence-corrected chi connectivity index (χ2v) is 8.84. The molecule has 28 heavy (non-hydrogen) atoms. The van der Waals surface area contributed by atoms with Crippen LogP contribution in [-0.4, -0.2) is 77.2 Å². The zero-order valence-electron chi connectivity index (χ0n) is 16.3. The Bertz CT molecular complexity index is 788. The van der Waals surface area contributed by atoms with Gasteiger partial charge >= 0.3 is 5.97 Å². The molecule has 0 spiro atoms. The summed E-state index contributed by atoms with van der Waals surface area (Å²) in [7, 11) is 1.26. The van der Waals surface area contributed by atoms with Gasteiger partial charge < -0.3 is 19.5 Å². The molecule has 1 amide bonds. The highest BCUT2D eigenvalue weighted by Crippen LogP contribution is 2.23. The number of nitrogens with one attached hydrogen (secondary N) is 1. The van der Waals surface area contributed by atoms with Gasteiger partial charge in [-0.3, -0.25) is 14.5 Å². The Morgan fingerprint density at radius 2 is 1.75 bits per heavy atom. The Kier molecular flexibility index (Phi) is 7.64. The van der Waals surface area contributed by atoms with Gasteiger partial charge in [0.25, 0.3) is 0 Å². The lowest BCUT2D eigenvalue weighted by atomic mass is 10.2. The van der Waals surface area contributed by atoms with Crippen molar-refractivity contribution in [2.45, 2.75) is 19.0 Å². The van der Waals surface area contributed by atoms with E-state index in [1.807, 2.05) is 0 Å². The van der Waals surface area contributed by atoms with Crippen molar-refractivity contribution in [2.24, 2.45) is 0 Å². The third kappa shape index (κ3) is 6.68. The van der Waals surface area contributed by atoms with E-state index in [0.29, 0.717) is 17.9 Å². The van der Waals surface area contributed by atoms with Crippen molar-refractivity contribution < 1.29 is 32.2 Å². The zero-order chi connectivity index (χ0) is 20.7. The van der Waals surface area contributed by atoms with Crippen molar-refractivity contribution in [1.29, 1.82) is 0 Å². The molecular formula is C18H26N2O7S. The SMILES string of the molecule is COC(=O)CN(CC(=O)NC1CCS(=O)(=O)C1)Cc1cc(OC)cc(OC)c1. The molecule has 1 N–H and O–H groups in total. The summed E-state index contributed by atoms with van der Waals surface area (Å²) in [6.07, 6.45) is 0.401. The van der Waals surface area contributed by atoms with Crippen LogP contribution < -0.4 is 14.8 Å². The first-order valence-electron chi connectivity index (χ1n) is 8.75. The standard InChI is InChI=1S/C18H26N2O7S/c1-25-15-6-13(7-16(8-15)26-2)9-20(11-18(22)27-3)10-17(21)19-14-4-5-28(23,24)12-14/h6-8,14H,4-5,9-12H2,1-3H3,(H,19,21). The van der Waals surface area contributed by atoms with E-state index < -0.39 is 21.8 Å². The van der Waals surface area contributed by atoms with Crippen LogP contribution in [0.2, 0.25) is 0 Å². The maximum absolute atomic E-state index is 12.4. The van der Waals surface area contributed by atoms with Crippen LogP contribution in [0.3, 0.4) is 0 Å². The average molecular weight is 414 g/mol. The summed E-state index contributed by atoms with van der Waals surface area (Å²) in [4.78, 5) is 25.7. The Balaban J connectivity index is 2.07. The van der Waals surface area contributed by atoms with Gasteiger partial charge in [-0.25, -0.2) is 8.42 Å². The normalized spacial score (nSPS) is 17.9. The summed E-state index contributed by atoms with van der Waals surface area (Å²) < 4.78 is 38.3. The number of carbonyl (C=O) groups excluding carboxylic acids is 2. The van der Waals surface area contributed by atoms with Crippen molar-refractivity contribution in [3.8, 4) is 11.5 Å². The second kappa shape index (κ2) is 9.74. The first-order chi connectivity index (χ1) is 13.2. The summed E-state index contributed by atoms with van der Waals surface area (Å²) in [6, 6.07) is 4.90. The molecule has 1 fully saturated rings. The molecule has 0 aromatic heterocycles. The Morgan fingerprint density at radius 1 is 1.11 bits per heavy atom. The van der Waals surface area contributed by atoms with E-state index in [1.165, 1.54) is 21.3 Å². The van der Waals surface area contributed by atoms with E-state index in [4.69, 9.17) is 14.2 Å². The molecule has 156 valence electrons. The Morgan fingerprint density at radius 3 is 2.25 bits per heavy atom. The maximum Gasteiger partial charge on any atom is 0.319 e. The molecule has 1 atom stereocenters. The summed E-state index contributed by atoms with van der Waals surface area (Å²) in [5.74, 6) is 0.379. The fourth-order valence-electron chi connectivity index (χ4n) is 3.02. The predicted octanol–water partition coefficient (Wildman–Crippen LogP) is -0.0179. The van der Waals surface area contributed by atoms with Gasteiger partial charge in [0.15, 0.2) is 9.84 Å². The Hall–Kier alpha value is -2.33. The van der Waals surface area contributed by atoms with Gasteiger partial charge in [-0.1, -0.05) is 0 Å². The smallest absolute Gasteiger partial charge is 0.319 e. The topological polar surface area (TPSA) is 111 Å². The molecule has 0 saturated carbocycles. The zero-order valence-corrected chi connectivity index (χ0v) is 17.1. The van der Waals surface area contributed by atoms with Crippen LogP contribution in [-0.2, 0) is 30.7 Å². The van der Waals surface area contributed by atoms with Crippen molar-refractivity contribution in [3.63, 3.8) is 0 Å². The molecule has 1 aromatic carbocycles. The summed E-state index contributed by atoms with van der Waals surface area (Å²) in [5.41, 5.74) is 0.788. The monoisotopic (exact) mass is 414 g/mol. The van der Waals surface area contributed by atoms with Crippen molar-refractivity contribution in [1.82, 2.24) is 10.2 Å². The second-order valence-electron chi connectivity index (χ2n) is 6.61. The van der Waals surface area contributed by atoms with Gasteiger partial charge in [-0.2, -0.15) is 0 Å². The Labute approximate surface area is 164 Å². The number of nitrogens with zero attached hydrogens (tertiary/aromatic N) is 1. The first-order valence-corrected chi connectivity index (χ1v) is 10.6. The molecule has 0 radical (unpaired) electrons. The average Bonchev–Trinajstić information content (AvgIpc) is 2.99. The summed E-state index contributed by atoms with van der Waals surface area (Å²) in [5, 5.41) is 2.73. The van der Waals surface area contributed by atoms with Crippen LogP contribution in [0.5, 0.6) is 11.5 Å². The van der Waals surface area contributed by atoms with Crippen LogP contribution in [0.15, 0.2) is 18.2 Å². The number of rotatable bonds is 9. The van der Waals surface area contributed by atoms with E-state index in [-0.39, 0.29) is 37.0 Å². The number of esters is 1. The number of sulfone groups is 1. The maximum atomic E-state index is 12.4. The minimum atomic E-state index is -3.09. The van der Waals surface area contributed by atoms with E-state index in [9.17, 15) is 18.0 Å².